The Balaban J connectivity index is 1.51. The van der Waals surface area contributed by atoms with E-state index in [2.05, 4.69) is 26.4 Å². The van der Waals surface area contributed by atoms with Crippen LogP contribution >= 0.6 is 0 Å². The molecule has 3 aromatic heterocycles. The third-order valence-corrected chi connectivity index (χ3v) is 5.22. The summed E-state index contributed by atoms with van der Waals surface area (Å²) in [4.78, 5) is 20.5. The number of carbonyl (C=O) groups excluding carboxylic acids is 1. The molecule has 1 N–H and O–H groups in total. The van der Waals surface area contributed by atoms with Crippen LogP contribution in [0.15, 0.2) is 73.1 Å². The molecule has 0 bridgehead atoms. The molecule has 1 amide bonds. The number of hydrogen-bond donors (Lipinski definition) is 1. The minimum Gasteiger partial charge on any atom is -0.355 e. The van der Waals surface area contributed by atoms with E-state index in [0.717, 1.165) is 22.2 Å². The summed E-state index contributed by atoms with van der Waals surface area (Å²) < 4.78 is 16.2. The fourth-order valence-electron chi connectivity index (χ4n) is 3.63. The van der Waals surface area contributed by atoms with Crippen molar-refractivity contribution in [1.82, 2.24) is 24.9 Å². The van der Waals surface area contributed by atoms with Crippen LogP contribution in [0.2, 0.25) is 0 Å². The maximum absolute atomic E-state index is 14.4. The minimum atomic E-state index is -0.589. The molecule has 0 fully saturated rings. The Bertz CT molecular complexity index is 1440. The first-order valence-corrected chi connectivity index (χ1v) is 9.82. The summed E-state index contributed by atoms with van der Waals surface area (Å²) >= 11 is 0. The molecule has 0 spiro atoms. The summed E-state index contributed by atoms with van der Waals surface area (Å²) in [7, 11) is 1.47. The van der Waals surface area contributed by atoms with Gasteiger partial charge in [-0.15, -0.1) is 0 Å². The number of aromatic nitrogens is 4. The van der Waals surface area contributed by atoms with Crippen LogP contribution < -0.4 is 5.32 Å². The summed E-state index contributed by atoms with van der Waals surface area (Å²) in [6.07, 6.45) is 4.23. The highest BCUT2D eigenvalue weighted by molar-refractivity contribution is 5.94. The van der Waals surface area contributed by atoms with E-state index >= 15 is 0 Å². The van der Waals surface area contributed by atoms with E-state index in [1.807, 2.05) is 30.3 Å². The van der Waals surface area contributed by atoms with Gasteiger partial charge in [-0.05, 0) is 48.0 Å². The second-order valence-electron chi connectivity index (χ2n) is 7.22. The first kappa shape index (κ1) is 18.9. The molecular formula is C24H18FN5O. The molecule has 6 nitrogen and oxygen atoms in total. The second kappa shape index (κ2) is 7.60. The van der Waals surface area contributed by atoms with E-state index in [-0.39, 0.29) is 5.56 Å². The van der Waals surface area contributed by atoms with Crippen molar-refractivity contribution in [2.45, 2.75) is 6.42 Å². The number of nitrogens with zero attached hydrogens (tertiary/aromatic N) is 4. The van der Waals surface area contributed by atoms with Gasteiger partial charge in [0.15, 0.2) is 5.65 Å². The van der Waals surface area contributed by atoms with Gasteiger partial charge < -0.3 is 5.32 Å². The number of fused-ring (bicyclic) bond motifs is 2. The first-order chi connectivity index (χ1) is 15.1. The Morgan fingerprint density at radius 1 is 1.06 bits per heavy atom. The van der Waals surface area contributed by atoms with E-state index in [1.54, 1.807) is 29.0 Å². The Morgan fingerprint density at radius 2 is 1.97 bits per heavy atom. The van der Waals surface area contributed by atoms with Gasteiger partial charge in [0.25, 0.3) is 5.91 Å². The maximum Gasteiger partial charge on any atom is 0.253 e. The van der Waals surface area contributed by atoms with Gasteiger partial charge in [-0.2, -0.15) is 5.10 Å². The van der Waals surface area contributed by atoms with Crippen LogP contribution in [0, 0.1) is 5.82 Å². The van der Waals surface area contributed by atoms with Gasteiger partial charge in [0.05, 0.1) is 28.7 Å². The molecule has 0 radical (unpaired) electrons. The zero-order valence-corrected chi connectivity index (χ0v) is 16.7. The lowest BCUT2D eigenvalue weighted by Gasteiger charge is -2.07. The number of hydrogen-bond acceptors (Lipinski definition) is 4. The van der Waals surface area contributed by atoms with Gasteiger partial charge in [-0.3, -0.25) is 9.78 Å². The highest BCUT2D eigenvalue weighted by Gasteiger charge is 2.13. The molecule has 5 rings (SSSR count). The van der Waals surface area contributed by atoms with Gasteiger partial charge in [0, 0.05) is 30.6 Å². The number of halogens is 1. The van der Waals surface area contributed by atoms with E-state index in [4.69, 9.17) is 0 Å². The Hall–Kier alpha value is -4.13. The Labute approximate surface area is 177 Å². The summed E-state index contributed by atoms with van der Waals surface area (Å²) in [5.41, 5.74) is 4.88. The zero-order chi connectivity index (χ0) is 21.4. The third-order valence-electron chi connectivity index (χ3n) is 5.22. The fourth-order valence-corrected chi connectivity index (χ4v) is 3.63. The molecule has 31 heavy (non-hydrogen) atoms. The maximum atomic E-state index is 14.4. The summed E-state index contributed by atoms with van der Waals surface area (Å²) in [6, 6.07) is 18.2. The van der Waals surface area contributed by atoms with Crippen molar-refractivity contribution in [3.8, 4) is 11.3 Å². The summed E-state index contributed by atoms with van der Waals surface area (Å²) in [5.74, 6) is -1.05. The van der Waals surface area contributed by atoms with Crippen LogP contribution in [0.1, 0.15) is 21.6 Å². The number of imidazole rings is 1. The monoisotopic (exact) mass is 411 g/mol. The topological polar surface area (TPSA) is 72.2 Å². The Kier molecular flexibility index (Phi) is 4.63. The van der Waals surface area contributed by atoms with Crippen molar-refractivity contribution in [3.63, 3.8) is 0 Å². The standard InChI is InChI=1S/C24H18FN5O/c1-26-24(31)19-6-5-17(13-20(19)25)22-8-9-23-28-14-18(30(23)29-22)12-15-4-7-21-16(11-15)3-2-10-27-21/h2-11,13-14H,12H2,1H3,(H,26,31). The molecule has 0 aliphatic heterocycles. The van der Waals surface area contributed by atoms with E-state index in [0.29, 0.717) is 23.3 Å². The molecule has 5 aromatic rings. The molecule has 3 heterocycles. The van der Waals surface area contributed by atoms with Crippen LogP contribution in [0.4, 0.5) is 4.39 Å². The number of nitrogens with one attached hydrogen (secondary N) is 1. The molecule has 0 unspecified atom stereocenters. The number of carbonyl (C=O) groups is 1. The fraction of sp³-hybridized carbons (Fsp3) is 0.0833. The lowest BCUT2D eigenvalue weighted by molar-refractivity contribution is 0.0959. The number of benzene rings is 2. The average Bonchev–Trinajstić information content (AvgIpc) is 3.20. The first-order valence-electron chi connectivity index (χ1n) is 9.82. The predicted octanol–water partition coefficient (Wildman–Crippen LogP) is 4.03. The largest absolute Gasteiger partial charge is 0.355 e. The molecule has 0 aliphatic rings. The third kappa shape index (κ3) is 3.50. The molecular weight excluding hydrogens is 393 g/mol. The number of pyridine rings is 1. The highest BCUT2D eigenvalue weighted by atomic mass is 19.1. The number of rotatable bonds is 4. The SMILES string of the molecule is CNC(=O)c1ccc(-c2ccc3ncc(Cc4ccc5ncccc5c4)n3n2)cc1F. The summed E-state index contributed by atoms with van der Waals surface area (Å²) in [5, 5.41) is 8.19. The van der Waals surface area contributed by atoms with Crippen LogP contribution in [-0.2, 0) is 6.42 Å². The van der Waals surface area contributed by atoms with Gasteiger partial charge in [-0.25, -0.2) is 13.9 Å². The van der Waals surface area contributed by atoms with Crippen molar-refractivity contribution in [3.05, 3.63) is 95.7 Å². The molecule has 2 aromatic carbocycles. The van der Waals surface area contributed by atoms with Crippen molar-refractivity contribution in [1.29, 1.82) is 0 Å². The molecule has 7 heteroatoms. The van der Waals surface area contributed by atoms with Gasteiger partial charge in [-0.1, -0.05) is 18.2 Å². The van der Waals surface area contributed by atoms with Crippen molar-refractivity contribution < 1.29 is 9.18 Å². The molecule has 0 saturated heterocycles. The van der Waals surface area contributed by atoms with Gasteiger partial charge in [0.2, 0.25) is 0 Å². The molecule has 0 aliphatic carbocycles. The second-order valence-corrected chi connectivity index (χ2v) is 7.22. The van der Waals surface area contributed by atoms with Crippen LogP contribution in [0.3, 0.4) is 0 Å². The molecule has 152 valence electrons. The van der Waals surface area contributed by atoms with Crippen molar-refractivity contribution >= 4 is 22.5 Å². The molecule has 0 atom stereocenters. The van der Waals surface area contributed by atoms with E-state index in [1.165, 1.54) is 19.2 Å². The summed E-state index contributed by atoms with van der Waals surface area (Å²) in [6.45, 7) is 0. The van der Waals surface area contributed by atoms with Crippen LogP contribution in [0.25, 0.3) is 27.8 Å². The van der Waals surface area contributed by atoms with Crippen molar-refractivity contribution in [2.24, 2.45) is 0 Å². The lowest BCUT2D eigenvalue weighted by Crippen LogP contribution is -2.19. The average molecular weight is 411 g/mol. The predicted molar refractivity (Wildman–Crippen MR) is 116 cm³/mol. The quantitative estimate of drug-likeness (QED) is 0.485. The van der Waals surface area contributed by atoms with Crippen molar-refractivity contribution in [2.75, 3.05) is 7.05 Å². The van der Waals surface area contributed by atoms with Crippen LogP contribution in [-0.4, -0.2) is 32.5 Å². The highest BCUT2D eigenvalue weighted by Crippen LogP contribution is 2.22. The van der Waals surface area contributed by atoms with Gasteiger partial charge in [0.1, 0.15) is 5.82 Å². The normalized spacial score (nSPS) is 11.2. The van der Waals surface area contributed by atoms with Crippen LogP contribution in [0.5, 0.6) is 0 Å². The number of amides is 1. The zero-order valence-electron chi connectivity index (χ0n) is 16.7. The van der Waals surface area contributed by atoms with E-state index in [9.17, 15) is 9.18 Å². The lowest BCUT2D eigenvalue weighted by atomic mass is 10.1. The molecule has 0 saturated carbocycles. The smallest absolute Gasteiger partial charge is 0.253 e. The Morgan fingerprint density at radius 3 is 2.81 bits per heavy atom. The van der Waals surface area contributed by atoms with Gasteiger partial charge >= 0.3 is 0 Å². The van der Waals surface area contributed by atoms with E-state index < -0.39 is 11.7 Å². The minimum absolute atomic E-state index is 0.00134.